The van der Waals surface area contributed by atoms with Crippen LogP contribution >= 0.6 is 11.8 Å². The van der Waals surface area contributed by atoms with Gasteiger partial charge in [-0.05, 0) is 96.8 Å². The number of benzene rings is 3. The zero-order valence-electron chi connectivity index (χ0n) is 17.6. The first-order chi connectivity index (χ1) is 14.3. The van der Waals surface area contributed by atoms with Crippen molar-refractivity contribution in [2.24, 2.45) is 0 Å². The van der Waals surface area contributed by atoms with E-state index in [1.54, 1.807) is 0 Å². The van der Waals surface area contributed by atoms with E-state index < -0.39 is 0 Å². The Bertz CT molecular complexity index is 826. The molecule has 0 saturated carbocycles. The molecule has 29 heavy (non-hydrogen) atoms. The second kappa shape index (κ2) is 12.1. The molecule has 0 aliphatic carbocycles. The van der Waals surface area contributed by atoms with Crippen LogP contribution in [0, 0.1) is 0 Å². The topological polar surface area (TPSA) is 27.3 Å². The largest absolute Gasteiger partial charge is 0.317 e. The van der Waals surface area contributed by atoms with Crippen molar-refractivity contribution in [3.05, 3.63) is 60.2 Å². The maximum Gasteiger partial charge on any atom is 0.0245 e. The quantitative estimate of drug-likeness (QED) is 0.214. The van der Waals surface area contributed by atoms with Gasteiger partial charge in [-0.15, -0.1) is 0 Å². The fraction of sp³-hybridized carbons (Fsp3) is 0.440. The highest BCUT2D eigenvalue weighted by Crippen LogP contribution is 2.29. The van der Waals surface area contributed by atoms with Crippen LogP contribution in [0.2, 0.25) is 0 Å². The first-order valence-corrected chi connectivity index (χ1v) is 11.4. The monoisotopic (exact) mass is 411 g/mol. The van der Waals surface area contributed by atoms with Gasteiger partial charge in [0.2, 0.25) is 0 Å². The van der Waals surface area contributed by atoms with Crippen LogP contribution in [-0.2, 0) is 6.54 Å². The second-order valence-corrected chi connectivity index (χ2v) is 7.98. The molecular weight excluding hydrogens is 378 g/mol. The van der Waals surface area contributed by atoms with Crippen LogP contribution in [0.3, 0.4) is 0 Å². The number of nitrogens with one attached hydrogen (secondary N) is 2. The van der Waals surface area contributed by atoms with Crippen molar-refractivity contribution in [1.29, 1.82) is 0 Å². The minimum absolute atomic E-state index is 0.886. The number of rotatable bonds is 13. The number of unbranched alkanes of at least 4 members (excludes halogenated alkanes) is 2. The van der Waals surface area contributed by atoms with E-state index in [2.05, 4.69) is 76.6 Å². The molecule has 0 heterocycles. The van der Waals surface area contributed by atoms with E-state index in [0.29, 0.717) is 0 Å². The third-order valence-corrected chi connectivity index (χ3v) is 5.85. The molecule has 0 aliphatic heterocycles. The molecule has 0 atom stereocenters. The van der Waals surface area contributed by atoms with Gasteiger partial charge in [0, 0.05) is 13.1 Å². The molecule has 0 radical (unpaired) electrons. The molecule has 3 aromatic carbocycles. The number of fused-ring (bicyclic) bond motifs is 2. The molecule has 3 nitrogen and oxygen atoms in total. The molecule has 0 fully saturated rings. The highest BCUT2D eigenvalue weighted by molar-refractivity contribution is 6.13. The molecule has 0 saturated heterocycles. The molecule has 3 rings (SSSR count). The van der Waals surface area contributed by atoms with Gasteiger partial charge in [-0.3, -0.25) is 4.90 Å². The summed E-state index contributed by atoms with van der Waals surface area (Å²) in [5.41, 5.74) is 1.46. The normalized spacial score (nSPS) is 11.7. The van der Waals surface area contributed by atoms with Crippen LogP contribution in [0.5, 0.6) is 0 Å². The maximum absolute atomic E-state index is 5.47. The fourth-order valence-electron chi connectivity index (χ4n) is 4.00. The van der Waals surface area contributed by atoms with Gasteiger partial charge in [0.1, 0.15) is 0 Å². The van der Waals surface area contributed by atoms with Crippen molar-refractivity contribution in [2.45, 2.75) is 39.2 Å². The summed E-state index contributed by atoms with van der Waals surface area (Å²) in [4.78, 5) is 5.26. The van der Waals surface area contributed by atoms with Crippen molar-refractivity contribution in [3.8, 4) is 0 Å². The van der Waals surface area contributed by atoms with E-state index in [0.717, 1.165) is 45.7 Å². The lowest BCUT2D eigenvalue weighted by Crippen LogP contribution is -2.25. The van der Waals surface area contributed by atoms with Gasteiger partial charge in [0.15, 0.2) is 0 Å². The highest BCUT2D eigenvalue weighted by atomic mass is 35.5. The Balaban J connectivity index is 1.57. The molecular formula is C25H34ClN3. The standard InChI is InChI=1S/C25H34ClN3/c1-2-29(18-10-9-16-27-15-7-8-17-28-26)20-25-23-13-5-3-11-21(23)19-22-12-4-6-14-24(22)25/h3-6,11-14,19,27-28H,2,7-10,15-18,20H2,1H3. The maximum atomic E-state index is 5.47. The van der Waals surface area contributed by atoms with E-state index in [-0.39, 0.29) is 0 Å². The Morgan fingerprint density at radius 1 is 0.793 bits per heavy atom. The van der Waals surface area contributed by atoms with Crippen molar-refractivity contribution >= 4 is 33.3 Å². The lowest BCUT2D eigenvalue weighted by atomic mass is 9.96. The summed E-state index contributed by atoms with van der Waals surface area (Å²) >= 11 is 5.47. The molecule has 0 aliphatic rings. The average Bonchev–Trinajstić information content (AvgIpc) is 2.76. The Labute approximate surface area is 180 Å². The summed E-state index contributed by atoms with van der Waals surface area (Å²) in [7, 11) is 0. The van der Waals surface area contributed by atoms with Crippen LogP contribution in [0.4, 0.5) is 0 Å². The summed E-state index contributed by atoms with van der Waals surface area (Å²) in [6, 6.07) is 19.9. The van der Waals surface area contributed by atoms with Gasteiger partial charge in [-0.2, -0.15) is 0 Å². The Morgan fingerprint density at radius 2 is 1.38 bits per heavy atom. The van der Waals surface area contributed by atoms with Gasteiger partial charge >= 0.3 is 0 Å². The predicted molar refractivity (Wildman–Crippen MR) is 128 cm³/mol. The number of hydrogen-bond acceptors (Lipinski definition) is 3. The molecule has 0 spiro atoms. The predicted octanol–water partition coefficient (Wildman–Crippen LogP) is 5.71. The molecule has 3 aromatic rings. The van der Waals surface area contributed by atoms with Crippen LogP contribution in [0.25, 0.3) is 21.5 Å². The van der Waals surface area contributed by atoms with E-state index >= 15 is 0 Å². The van der Waals surface area contributed by atoms with Gasteiger partial charge < -0.3 is 5.32 Å². The number of halogens is 1. The molecule has 0 bridgehead atoms. The molecule has 156 valence electrons. The first-order valence-electron chi connectivity index (χ1n) is 11.0. The summed E-state index contributed by atoms with van der Waals surface area (Å²) in [5, 5.41) is 9.00. The SMILES string of the molecule is CCN(CCCCNCCCCNCl)Cc1c2ccccc2cc2ccccc12. The average molecular weight is 412 g/mol. The van der Waals surface area contributed by atoms with Crippen molar-refractivity contribution in [2.75, 3.05) is 32.7 Å². The Hall–Kier alpha value is -1.65. The van der Waals surface area contributed by atoms with E-state index in [1.165, 1.54) is 46.4 Å². The van der Waals surface area contributed by atoms with Gasteiger partial charge in [0.05, 0.1) is 0 Å². The molecule has 2 N–H and O–H groups in total. The van der Waals surface area contributed by atoms with E-state index in [9.17, 15) is 0 Å². The zero-order valence-corrected chi connectivity index (χ0v) is 18.3. The van der Waals surface area contributed by atoms with Gasteiger partial charge in [-0.25, -0.2) is 4.84 Å². The summed E-state index contributed by atoms with van der Waals surface area (Å²) in [6.45, 7) is 8.58. The van der Waals surface area contributed by atoms with Gasteiger partial charge in [0.25, 0.3) is 0 Å². The minimum atomic E-state index is 0.886. The van der Waals surface area contributed by atoms with Crippen molar-refractivity contribution in [3.63, 3.8) is 0 Å². The van der Waals surface area contributed by atoms with Gasteiger partial charge in [-0.1, -0.05) is 55.5 Å². The van der Waals surface area contributed by atoms with E-state index in [4.69, 9.17) is 11.8 Å². The van der Waals surface area contributed by atoms with Crippen molar-refractivity contribution in [1.82, 2.24) is 15.1 Å². The molecule has 0 unspecified atom stereocenters. The van der Waals surface area contributed by atoms with Crippen LogP contribution in [0.15, 0.2) is 54.6 Å². The zero-order chi connectivity index (χ0) is 20.3. The number of hydrogen-bond donors (Lipinski definition) is 2. The first kappa shape index (κ1) is 22.0. The van der Waals surface area contributed by atoms with Crippen LogP contribution in [-0.4, -0.2) is 37.6 Å². The fourth-order valence-corrected chi connectivity index (χ4v) is 4.14. The Kier molecular flexibility index (Phi) is 9.23. The molecule has 0 aromatic heterocycles. The summed E-state index contributed by atoms with van der Waals surface area (Å²) < 4.78 is 0. The van der Waals surface area contributed by atoms with Crippen LogP contribution < -0.4 is 10.2 Å². The highest BCUT2D eigenvalue weighted by Gasteiger charge is 2.11. The molecule has 0 amide bonds. The van der Waals surface area contributed by atoms with Crippen molar-refractivity contribution < 1.29 is 0 Å². The third-order valence-electron chi connectivity index (χ3n) is 5.66. The number of nitrogens with zero attached hydrogens (tertiary/aromatic N) is 1. The summed E-state index contributed by atoms with van der Waals surface area (Å²) in [6.07, 6.45) is 4.75. The Morgan fingerprint density at radius 3 is 2.00 bits per heavy atom. The second-order valence-electron chi connectivity index (χ2n) is 7.71. The lowest BCUT2D eigenvalue weighted by molar-refractivity contribution is 0.275. The van der Waals surface area contributed by atoms with Crippen LogP contribution in [0.1, 0.15) is 38.2 Å². The minimum Gasteiger partial charge on any atom is -0.317 e. The van der Waals surface area contributed by atoms with E-state index in [1.807, 2.05) is 0 Å². The third kappa shape index (κ3) is 6.42. The molecule has 4 heteroatoms. The summed E-state index contributed by atoms with van der Waals surface area (Å²) in [5.74, 6) is 0. The lowest BCUT2D eigenvalue weighted by Gasteiger charge is -2.23. The smallest absolute Gasteiger partial charge is 0.0245 e.